The van der Waals surface area contributed by atoms with Crippen LogP contribution >= 0.6 is 0 Å². The number of anilines is 1. The van der Waals surface area contributed by atoms with Crippen molar-refractivity contribution in [2.75, 3.05) is 12.3 Å². The van der Waals surface area contributed by atoms with Crippen molar-refractivity contribution >= 4 is 5.82 Å². The van der Waals surface area contributed by atoms with Gasteiger partial charge in [-0.15, -0.1) is 0 Å². The number of aliphatic hydroxyl groups is 3. The molecular formula is C10H12FN3O4. The van der Waals surface area contributed by atoms with E-state index >= 15 is 0 Å². The van der Waals surface area contributed by atoms with Crippen LogP contribution in [0.3, 0.4) is 0 Å². The minimum absolute atomic E-state index is 0.0314. The van der Waals surface area contributed by atoms with Crippen LogP contribution < -0.4 is 11.4 Å². The minimum atomic E-state index is -1.56. The molecule has 7 nitrogen and oxygen atoms in total. The van der Waals surface area contributed by atoms with Crippen LogP contribution in [0, 0.1) is 0 Å². The van der Waals surface area contributed by atoms with Gasteiger partial charge in [-0.1, -0.05) is 0 Å². The molecule has 1 aliphatic carbocycles. The summed E-state index contributed by atoms with van der Waals surface area (Å²) in [6.07, 6.45) is -1.94. The fraction of sp³-hybridized carbons (Fsp3) is 0.400. The second kappa shape index (κ2) is 4.48. The highest BCUT2D eigenvalue weighted by Crippen LogP contribution is 2.36. The molecule has 0 unspecified atom stereocenters. The first-order valence-corrected chi connectivity index (χ1v) is 5.17. The monoisotopic (exact) mass is 257 g/mol. The summed E-state index contributed by atoms with van der Waals surface area (Å²) < 4.78 is 14.7. The number of nitrogens with two attached hydrogens (primary N) is 1. The predicted octanol–water partition coefficient (Wildman–Crippen LogP) is -1.68. The Morgan fingerprint density at radius 2 is 2.17 bits per heavy atom. The van der Waals surface area contributed by atoms with Gasteiger partial charge >= 0.3 is 5.69 Å². The molecule has 1 heterocycles. The average Bonchev–Trinajstić information content (AvgIpc) is 2.52. The average molecular weight is 257 g/mol. The Bertz CT molecular complexity index is 556. The van der Waals surface area contributed by atoms with Crippen molar-refractivity contribution in [3.8, 4) is 0 Å². The minimum Gasteiger partial charge on any atom is -0.392 e. The molecule has 2 rings (SSSR count). The fourth-order valence-corrected chi connectivity index (χ4v) is 1.95. The van der Waals surface area contributed by atoms with Crippen molar-refractivity contribution in [2.24, 2.45) is 0 Å². The second-order valence-corrected chi connectivity index (χ2v) is 3.95. The number of rotatable bonds is 2. The van der Waals surface area contributed by atoms with E-state index in [2.05, 4.69) is 4.98 Å². The lowest BCUT2D eigenvalue weighted by atomic mass is 10.1. The quantitative estimate of drug-likeness (QED) is 0.502. The molecule has 0 spiro atoms. The molecule has 0 aromatic carbocycles. The number of aliphatic hydroxyl groups excluding tert-OH is 3. The third kappa shape index (κ3) is 1.80. The third-order valence-corrected chi connectivity index (χ3v) is 2.89. The zero-order valence-corrected chi connectivity index (χ0v) is 9.19. The summed E-state index contributed by atoms with van der Waals surface area (Å²) in [5.74, 6) is -0.970. The maximum atomic E-state index is 13.9. The van der Waals surface area contributed by atoms with Gasteiger partial charge in [-0.2, -0.15) is 4.98 Å². The number of nitrogen functional groups attached to an aromatic ring is 1. The molecule has 5 N–H and O–H groups in total. The molecule has 0 fully saturated rings. The van der Waals surface area contributed by atoms with E-state index in [0.717, 1.165) is 4.57 Å². The molecule has 0 radical (unpaired) electrons. The normalized spacial score (nSPS) is 27.9. The summed E-state index contributed by atoms with van der Waals surface area (Å²) in [4.78, 5) is 15.0. The lowest BCUT2D eigenvalue weighted by Gasteiger charge is -2.19. The van der Waals surface area contributed by atoms with Crippen molar-refractivity contribution in [3.63, 3.8) is 0 Å². The first-order chi connectivity index (χ1) is 8.47. The summed E-state index contributed by atoms with van der Waals surface area (Å²) in [6, 6.07) is -0.132. The van der Waals surface area contributed by atoms with E-state index in [0.29, 0.717) is 0 Å². The van der Waals surface area contributed by atoms with Crippen LogP contribution in [0.25, 0.3) is 0 Å². The number of nitrogens with zero attached hydrogens (tertiary/aromatic N) is 2. The molecule has 0 aliphatic heterocycles. The largest absolute Gasteiger partial charge is 0.392 e. The number of aromatic nitrogens is 2. The zero-order chi connectivity index (χ0) is 13.4. The van der Waals surface area contributed by atoms with E-state index in [-0.39, 0.29) is 11.4 Å². The van der Waals surface area contributed by atoms with Crippen LogP contribution in [0.4, 0.5) is 10.2 Å². The second-order valence-electron chi connectivity index (χ2n) is 3.95. The Balaban J connectivity index is 2.51. The Morgan fingerprint density at radius 3 is 2.67 bits per heavy atom. The van der Waals surface area contributed by atoms with Gasteiger partial charge in [0.25, 0.3) is 0 Å². The SMILES string of the molecule is Nc1ccn([C@H]2C(F)=C(CO)[C@H](O)[C@@H]2O)c(=O)n1. The Morgan fingerprint density at radius 1 is 1.50 bits per heavy atom. The number of hydrogen-bond donors (Lipinski definition) is 4. The van der Waals surface area contributed by atoms with Gasteiger partial charge in [0.05, 0.1) is 6.61 Å². The van der Waals surface area contributed by atoms with Gasteiger partial charge in [0.15, 0.2) is 0 Å². The lowest BCUT2D eigenvalue weighted by Crippen LogP contribution is -2.36. The summed E-state index contributed by atoms with van der Waals surface area (Å²) in [5, 5.41) is 28.2. The predicted molar refractivity (Wildman–Crippen MR) is 59.2 cm³/mol. The molecular weight excluding hydrogens is 245 g/mol. The molecule has 18 heavy (non-hydrogen) atoms. The van der Waals surface area contributed by atoms with Crippen LogP contribution in [0.1, 0.15) is 6.04 Å². The van der Waals surface area contributed by atoms with Gasteiger partial charge in [0, 0.05) is 11.8 Å². The zero-order valence-electron chi connectivity index (χ0n) is 9.19. The van der Waals surface area contributed by atoms with E-state index < -0.39 is 36.4 Å². The van der Waals surface area contributed by atoms with E-state index in [9.17, 15) is 19.4 Å². The summed E-state index contributed by atoms with van der Waals surface area (Å²) >= 11 is 0. The van der Waals surface area contributed by atoms with Crippen LogP contribution in [0.5, 0.6) is 0 Å². The topological polar surface area (TPSA) is 122 Å². The lowest BCUT2D eigenvalue weighted by molar-refractivity contribution is 0.0244. The maximum absolute atomic E-state index is 13.9. The fourth-order valence-electron chi connectivity index (χ4n) is 1.95. The van der Waals surface area contributed by atoms with Gasteiger partial charge in [0.2, 0.25) is 0 Å². The Labute approximate surface area is 101 Å². The van der Waals surface area contributed by atoms with Crippen LogP contribution in [-0.2, 0) is 0 Å². The molecule has 3 atom stereocenters. The van der Waals surface area contributed by atoms with Gasteiger partial charge in [-0.05, 0) is 6.07 Å². The highest BCUT2D eigenvalue weighted by molar-refractivity contribution is 5.30. The van der Waals surface area contributed by atoms with Crippen LogP contribution in [0.15, 0.2) is 28.5 Å². The number of halogens is 1. The standard InChI is InChI=1S/C10H12FN3O4/c11-6-4(3-15)8(16)9(17)7(6)14-2-1-5(12)13-10(14)18/h1-2,7-9,15-17H,3H2,(H2,12,13,18)/t7-,8-,9+/m0/s1. The molecule has 8 heteroatoms. The van der Waals surface area contributed by atoms with E-state index in [1.165, 1.54) is 12.3 Å². The molecule has 0 amide bonds. The van der Waals surface area contributed by atoms with Crippen molar-refractivity contribution in [3.05, 3.63) is 34.1 Å². The Kier molecular flexibility index (Phi) is 3.16. The smallest absolute Gasteiger partial charge is 0.350 e. The van der Waals surface area contributed by atoms with E-state index in [1.54, 1.807) is 0 Å². The molecule has 0 saturated heterocycles. The van der Waals surface area contributed by atoms with Crippen LogP contribution in [-0.4, -0.2) is 43.7 Å². The van der Waals surface area contributed by atoms with Crippen molar-refractivity contribution in [1.82, 2.24) is 9.55 Å². The number of hydrogen-bond acceptors (Lipinski definition) is 6. The summed E-state index contributed by atoms with van der Waals surface area (Å²) in [7, 11) is 0. The highest BCUT2D eigenvalue weighted by atomic mass is 19.1. The summed E-state index contributed by atoms with van der Waals surface area (Å²) in [6.45, 7) is -0.738. The van der Waals surface area contributed by atoms with Gasteiger partial charge in [-0.3, -0.25) is 4.57 Å². The first kappa shape index (κ1) is 12.7. The van der Waals surface area contributed by atoms with Crippen molar-refractivity contribution < 1.29 is 19.7 Å². The summed E-state index contributed by atoms with van der Waals surface area (Å²) in [5.41, 5.74) is 4.11. The van der Waals surface area contributed by atoms with Gasteiger partial charge in [-0.25, -0.2) is 9.18 Å². The molecule has 1 aliphatic rings. The van der Waals surface area contributed by atoms with E-state index in [4.69, 9.17) is 10.8 Å². The molecule has 0 bridgehead atoms. The van der Waals surface area contributed by atoms with Crippen molar-refractivity contribution in [2.45, 2.75) is 18.2 Å². The Hall–Kier alpha value is -1.77. The van der Waals surface area contributed by atoms with Crippen LogP contribution in [0.2, 0.25) is 0 Å². The molecule has 98 valence electrons. The highest BCUT2D eigenvalue weighted by Gasteiger charge is 2.43. The van der Waals surface area contributed by atoms with Crippen molar-refractivity contribution in [1.29, 1.82) is 0 Å². The third-order valence-electron chi connectivity index (χ3n) is 2.89. The maximum Gasteiger partial charge on any atom is 0.350 e. The van der Waals surface area contributed by atoms with Gasteiger partial charge in [0.1, 0.15) is 29.9 Å². The molecule has 1 aromatic rings. The van der Waals surface area contributed by atoms with E-state index in [1.807, 2.05) is 0 Å². The van der Waals surface area contributed by atoms with Gasteiger partial charge < -0.3 is 21.1 Å². The molecule has 1 aromatic heterocycles. The molecule has 0 saturated carbocycles. The first-order valence-electron chi connectivity index (χ1n) is 5.17.